The Bertz CT molecular complexity index is 1980. The van der Waals surface area contributed by atoms with Crippen molar-refractivity contribution < 1.29 is 9.18 Å². The fraction of sp³-hybridized carbons (Fsp3) is 0.333. The van der Waals surface area contributed by atoms with Crippen molar-refractivity contribution in [1.82, 2.24) is 19.8 Å². The van der Waals surface area contributed by atoms with Gasteiger partial charge in [-0.2, -0.15) is 5.26 Å². The number of piperazine rings is 1. The molecule has 9 nitrogen and oxygen atoms in total. The standard InChI is InChI=1S/C33H32Cl4FN7O2/c1-7-21(46)44-16(5)12-43(13-17(44)6)31-18-10-20(34)29(22-23(35)27(40)25(37)24(36)26(22)38)42-32(18)45(33(47)19(31)11-39)30-15(4)8-9-41-28(30)14(2)3/h7-10,14,16-17,28,41H,1,12-13,40H2,2-6H3/t16-,17+,28-/m1/s1. The number of hydrogen-bond donors (Lipinski definition) is 2. The van der Waals surface area contributed by atoms with Gasteiger partial charge in [-0.25, -0.2) is 9.37 Å². The molecule has 5 rings (SSSR count). The number of halogens is 5. The summed E-state index contributed by atoms with van der Waals surface area (Å²) in [4.78, 5) is 35.7. The molecule has 0 unspecified atom stereocenters. The van der Waals surface area contributed by atoms with Crippen LogP contribution in [0.25, 0.3) is 28.0 Å². The van der Waals surface area contributed by atoms with Crippen LogP contribution in [0, 0.1) is 23.1 Å². The molecule has 47 heavy (non-hydrogen) atoms. The summed E-state index contributed by atoms with van der Waals surface area (Å²) in [6.07, 6.45) is 4.88. The SMILES string of the molecule is C=CC(=O)N1[C@H](C)CN(c2c(C#N)c(=O)n(C3=C(C)C=CN[C@@H]3C(C)C)c3nc(-c4c(F)c(Cl)c(Cl)c(N)c4Cl)c(Cl)cc23)C[C@@H]1C. The van der Waals surface area contributed by atoms with E-state index >= 15 is 4.39 Å². The molecule has 3 aromatic rings. The van der Waals surface area contributed by atoms with Crippen molar-refractivity contribution in [3.05, 3.63) is 78.4 Å². The first-order valence-corrected chi connectivity index (χ1v) is 16.3. The lowest BCUT2D eigenvalue weighted by atomic mass is 9.94. The zero-order valence-corrected chi connectivity index (χ0v) is 29.3. The third-order valence-electron chi connectivity index (χ3n) is 8.60. The lowest BCUT2D eigenvalue weighted by Gasteiger charge is -2.45. The molecule has 2 aromatic heterocycles. The molecule has 3 atom stereocenters. The molecular weight excluding hydrogens is 687 g/mol. The quantitative estimate of drug-likeness (QED) is 0.123. The Balaban J connectivity index is 1.92. The van der Waals surface area contributed by atoms with Crippen LogP contribution in [0.5, 0.6) is 0 Å². The smallest absolute Gasteiger partial charge is 0.276 e. The molecule has 2 aliphatic rings. The minimum atomic E-state index is -0.990. The third-order valence-corrected chi connectivity index (χ3v) is 10.1. The number of hydrogen-bond acceptors (Lipinski definition) is 7. The average molecular weight is 719 g/mol. The predicted molar refractivity (Wildman–Crippen MR) is 189 cm³/mol. The van der Waals surface area contributed by atoms with Gasteiger partial charge in [-0.15, -0.1) is 0 Å². The summed E-state index contributed by atoms with van der Waals surface area (Å²) in [6.45, 7) is 13.8. The van der Waals surface area contributed by atoms with E-state index in [1.54, 1.807) is 11.1 Å². The van der Waals surface area contributed by atoms with Crippen LogP contribution in [-0.2, 0) is 4.79 Å². The Morgan fingerprint density at radius 2 is 1.83 bits per heavy atom. The molecule has 0 aliphatic carbocycles. The van der Waals surface area contributed by atoms with Crippen molar-refractivity contribution in [2.45, 2.75) is 52.7 Å². The summed E-state index contributed by atoms with van der Waals surface area (Å²) in [5.74, 6) is -1.21. The Labute approximate surface area is 291 Å². The normalized spacial score (nSPS) is 19.7. The number of allylic oxidation sites excluding steroid dienone is 2. The van der Waals surface area contributed by atoms with Crippen molar-refractivity contribution in [2.24, 2.45) is 5.92 Å². The molecule has 4 heterocycles. The van der Waals surface area contributed by atoms with Crippen molar-refractivity contribution in [1.29, 1.82) is 5.26 Å². The second-order valence-electron chi connectivity index (χ2n) is 12.1. The van der Waals surface area contributed by atoms with Crippen LogP contribution < -0.4 is 21.5 Å². The third kappa shape index (κ3) is 5.63. The Hall–Kier alpha value is -3.75. The van der Waals surface area contributed by atoms with Gasteiger partial charge in [-0.1, -0.05) is 66.8 Å². The Morgan fingerprint density at radius 1 is 1.19 bits per heavy atom. The highest BCUT2D eigenvalue weighted by Crippen LogP contribution is 2.46. The molecule has 0 saturated carbocycles. The molecule has 0 bridgehead atoms. The van der Waals surface area contributed by atoms with Gasteiger partial charge in [0.25, 0.3) is 5.56 Å². The van der Waals surface area contributed by atoms with E-state index in [0.717, 1.165) is 5.57 Å². The van der Waals surface area contributed by atoms with E-state index in [0.29, 0.717) is 29.9 Å². The van der Waals surface area contributed by atoms with Gasteiger partial charge in [-0.3, -0.25) is 14.2 Å². The average Bonchev–Trinajstić information content (AvgIpc) is 3.02. The number of nitrogens with two attached hydrogens (primary N) is 1. The number of nitrogens with zero attached hydrogens (tertiary/aromatic N) is 5. The zero-order chi connectivity index (χ0) is 34.6. The molecule has 1 fully saturated rings. The van der Waals surface area contributed by atoms with Crippen LogP contribution >= 0.6 is 46.4 Å². The van der Waals surface area contributed by atoms with Gasteiger partial charge >= 0.3 is 0 Å². The maximum absolute atomic E-state index is 15.8. The van der Waals surface area contributed by atoms with Crippen molar-refractivity contribution in [3.63, 3.8) is 0 Å². The predicted octanol–water partition coefficient (Wildman–Crippen LogP) is 7.25. The van der Waals surface area contributed by atoms with Crippen molar-refractivity contribution >= 4 is 80.4 Å². The van der Waals surface area contributed by atoms with E-state index in [2.05, 4.69) is 18.0 Å². The summed E-state index contributed by atoms with van der Waals surface area (Å²) in [6, 6.07) is 2.72. The summed E-state index contributed by atoms with van der Waals surface area (Å²) in [7, 11) is 0. The van der Waals surface area contributed by atoms with Gasteiger partial charge in [0.1, 0.15) is 17.3 Å². The highest BCUT2D eigenvalue weighted by molar-refractivity contribution is 6.47. The van der Waals surface area contributed by atoms with Gasteiger partial charge in [0, 0.05) is 30.6 Å². The van der Waals surface area contributed by atoms with Gasteiger partial charge in [0.2, 0.25) is 5.91 Å². The Kier molecular flexibility index (Phi) is 9.59. The molecule has 0 spiro atoms. The summed E-state index contributed by atoms with van der Waals surface area (Å²) in [5.41, 5.74) is 6.45. The number of amides is 1. The van der Waals surface area contributed by atoms with Gasteiger partial charge in [0.05, 0.1) is 54.5 Å². The number of fused-ring (bicyclic) bond motifs is 1. The number of aromatic nitrogens is 2. The number of carbonyl (C=O) groups excluding carboxylic acids is 1. The fourth-order valence-corrected chi connectivity index (χ4v) is 7.45. The molecule has 1 aromatic carbocycles. The van der Waals surface area contributed by atoms with E-state index < -0.39 is 16.4 Å². The van der Waals surface area contributed by atoms with E-state index in [1.807, 2.05) is 45.6 Å². The van der Waals surface area contributed by atoms with E-state index in [1.165, 1.54) is 16.7 Å². The number of dihydropyridines is 1. The second kappa shape index (κ2) is 13.0. The first-order valence-electron chi connectivity index (χ1n) is 14.8. The van der Waals surface area contributed by atoms with E-state index in [-0.39, 0.29) is 73.2 Å². The first kappa shape index (κ1) is 34.6. The second-order valence-corrected chi connectivity index (χ2v) is 13.6. The number of nitrogen functional groups attached to an aromatic ring is 1. The van der Waals surface area contributed by atoms with Crippen LogP contribution in [0.15, 0.2) is 41.4 Å². The van der Waals surface area contributed by atoms with Gasteiger partial charge in [-0.05, 0) is 56.7 Å². The number of carbonyl (C=O) groups is 1. The molecule has 1 amide bonds. The van der Waals surface area contributed by atoms with Gasteiger partial charge in [0.15, 0.2) is 5.82 Å². The van der Waals surface area contributed by atoms with E-state index in [4.69, 9.17) is 57.1 Å². The molecule has 3 N–H and O–H groups in total. The van der Waals surface area contributed by atoms with E-state index in [9.17, 15) is 14.9 Å². The van der Waals surface area contributed by atoms with Crippen LogP contribution in [-0.4, -0.2) is 51.6 Å². The summed E-state index contributed by atoms with van der Waals surface area (Å²) < 4.78 is 17.2. The lowest BCUT2D eigenvalue weighted by molar-refractivity contribution is -0.130. The van der Waals surface area contributed by atoms with Crippen LogP contribution in [0.1, 0.15) is 40.2 Å². The number of rotatable bonds is 5. The molecule has 246 valence electrons. The number of benzene rings is 1. The molecule has 1 saturated heterocycles. The molecule has 0 radical (unpaired) electrons. The lowest BCUT2D eigenvalue weighted by Crippen LogP contribution is -2.58. The molecule has 14 heteroatoms. The minimum absolute atomic E-state index is 0.00256. The highest BCUT2D eigenvalue weighted by Gasteiger charge is 2.36. The maximum Gasteiger partial charge on any atom is 0.276 e. The monoisotopic (exact) mass is 717 g/mol. The molecular formula is C33H32Cl4FN7O2. The van der Waals surface area contributed by atoms with Crippen LogP contribution in [0.2, 0.25) is 20.1 Å². The number of pyridine rings is 2. The summed E-state index contributed by atoms with van der Waals surface area (Å²) >= 11 is 25.7. The fourth-order valence-electron chi connectivity index (χ4n) is 6.51. The largest absolute Gasteiger partial charge is 0.396 e. The zero-order valence-electron chi connectivity index (χ0n) is 26.3. The summed E-state index contributed by atoms with van der Waals surface area (Å²) in [5, 5.41) is 13.2. The van der Waals surface area contributed by atoms with Crippen LogP contribution in [0.4, 0.5) is 15.8 Å². The van der Waals surface area contributed by atoms with Crippen LogP contribution in [0.3, 0.4) is 0 Å². The van der Waals surface area contributed by atoms with Crippen molar-refractivity contribution in [2.75, 3.05) is 23.7 Å². The topological polar surface area (TPSA) is 120 Å². The van der Waals surface area contributed by atoms with Gasteiger partial charge < -0.3 is 20.9 Å². The number of nitrogens with one attached hydrogen (secondary N) is 1. The highest BCUT2D eigenvalue weighted by atomic mass is 35.5. The first-order chi connectivity index (χ1) is 22.2. The molecule has 2 aliphatic heterocycles. The maximum atomic E-state index is 15.8. The Morgan fingerprint density at radius 3 is 2.40 bits per heavy atom. The number of anilines is 2. The minimum Gasteiger partial charge on any atom is -0.396 e. The number of nitriles is 1. The van der Waals surface area contributed by atoms with Crippen molar-refractivity contribution in [3.8, 4) is 17.3 Å².